The van der Waals surface area contributed by atoms with Gasteiger partial charge in [-0.2, -0.15) is 0 Å². The molecule has 0 bridgehead atoms. The summed E-state index contributed by atoms with van der Waals surface area (Å²) in [5, 5.41) is 2.95. The number of ether oxygens (including phenoxy) is 1. The molecule has 1 aromatic heterocycles. The third kappa shape index (κ3) is 6.59. The summed E-state index contributed by atoms with van der Waals surface area (Å²) in [6.45, 7) is 5.11. The smallest absolute Gasteiger partial charge is 0.307 e. The van der Waals surface area contributed by atoms with Gasteiger partial charge in [-0.05, 0) is 11.5 Å². The molecule has 0 aliphatic carbocycles. The van der Waals surface area contributed by atoms with E-state index in [9.17, 15) is 9.59 Å². The molecule has 0 aliphatic rings. The summed E-state index contributed by atoms with van der Waals surface area (Å²) in [5.74, 6) is 0.0326. The van der Waals surface area contributed by atoms with Crippen LogP contribution in [0.5, 0.6) is 0 Å². The lowest BCUT2D eigenvalue weighted by atomic mass is 10.1. The van der Waals surface area contributed by atoms with Gasteiger partial charge in [-0.15, -0.1) is 11.3 Å². The van der Waals surface area contributed by atoms with E-state index in [0.717, 1.165) is 17.1 Å². The Balaban J connectivity index is 1.96. The average Bonchev–Trinajstić information content (AvgIpc) is 3.05. The predicted octanol–water partition coefficient (Wildman–Crippen LogP) is 3.32. The van der Waals surface area contributed by atoms with Crippen LogP contribution in [0.3, 0.4) is 0 Å². The van der Waals surface area contributed by atoms with Gasteiger partial charge in [0.2, 0.25) is 5.91 Å². The standard InChI is InChI=1S/C20H26N2O3S/c1-15(2)13-22(10-9-20(24)25-3)19(23)12-17-14-26-18(21-17)11-16-7-5-4-6-8-16/h4-8,14-15H,9-13H2,1-3H3. The maximum absolute atomic E-state index is 12.7. The summed E-state index contributed by atoms with van der Waals surface area (Å²) < 4.78 is 4.68. The molecule has 0 saturated carbocycles. The fourth-order valence-electron chi connectivity index (χ4n) is 2.64. The number of benzene rings is 1. The zero-order valence-corrected chi connectivity index (χ0v) is 16.4. The first-order chi connectivity index (χ1) is 12.5. The quantitative estimate of drug-likeness (QED) is 0.632. The van der Waals surface area contributed by atoms with Crippen LogP contribution >= 0.6 is 11.3 Å². The molecule has 2 aromatic rings. The van der Waals surface area contributed by atoms with Crippen LogP contribution < -0.4 is 0 Å². The van der Waals surface area contributed by atoms with E-state index in [1.165, 1.54) is 12.7 Å². The molecule has 0 fully saturated rings. The first-order valence-electron chi connectivity index (χ1n) is 8.79. The molecule has 26 heavy (non-hydrogen) atoms. The van der Waals surface area contributed by atoms with Crippen LogP contribution in [0.15, 0.2) is 35.7 Å². The normalized spacial score (nSPS) is 10.8. The van der Waals surface area contributed by atoms with E-state index < -0.39 is 0 Å². The maximum atomic E-state index is 12.7. The minimum Gasteiger partial charge on any atom is -0.469 e. The van der Waals surface area contributed by atoms with E-state index in [-0.39, 0.29) is 24.7 Å². The molecule has 0 N–H and O–H groups in total. The van der Waals surface area contributed by atoms with Gasteiger partial charge in [0.25, 0.3) is 0 Å². The van der Waals surface area contributed by atoms with Crippen molar-refractivity contribution >= 4 is 23.2 Å². The summed E-state index contributed by atoms with van der Waals surface area (Å²) in [5.41, 5.74) is 2.00. The van der Waals surface area contributed by atoms with Crippen LogP contribution in [0, 0.1) is 5.92 Å². The van der Waals surface area contributed by atoms with Gasteiger partial charge in [0.1, 0.15) is 0 Å². The molecule has 140 valence electrons. The predicted molar refractivity (Wildman–Crippen MR) is 103 cm³/mol. The number of thiazole rings is 1. The Hall–Kier alpha value is -2.21. The molecule has 6 heteroatoms. The van der Waals surface area contributed by atoms with Gasteiger partial charge in [0.05, 0.1) is 30.7 Å². The topological polar surface area (TPSA) is 59.5 Å². The number of carbonyl (C=O) groups is 2. The highest BCUT2D eigenvalue weighted by Gasteiger charge is 2.18. The first kappa shape index (κ1) is 20.1. The van der Waals surface area contributed by atoms with Gasteiger partial charge in [0, 0.05) is 24.9 Å². The van der Waals surface area contributed by atoms with Gasteiger partial charge in [-0.1, -0.05) is 44.2 Å². The number of esters is 1. The lowest BCUT2D eigenvalue weighted by molar-refractivity contribution is -0.141. The Morgan fingerprint density at radius 1 is 1.23 bits per heavy atom. The van der Waals surface area contributed by atoms with Crippen LogP contribution in [-0.4, -0.2) is 42.0 Å². The molecule has 1 heterocycles. The monoisotopic (exact) mass is 374 g/mol. The van der Waals surface area contributed by atoms with Crippen molar-refractivity contribution in [3.8, 4) is 0 Å². The Bertz CT molecular complexity index is 713. The highest BCUT2D eigenvalue weighted by Crippen LogP contribution is 2.16. The SMILES string of the molecule is COC(=O)CCN(CC(C)C)C(=O)Cc1csc(Cc2ccccc2)n1. The maximum Gasteiger partial charge on any atom is 0.307 e. The largest absolute Gasteiger partial charge is 0.469 e. The second-order valence-corrected chi connectivity index (χ2v) is 7.57. The van der Waals surface area contributed by atoms with Crippen molar-refractivity contribution in [2.45, 2.75) is 33.1 Å². The third-order valence-corrected chi connectivity index (χ3v) is 4.78. The number of methoxy groups -OCH3 is 1. The molecule has 1 amide bonds. The zero-order valence-electron chi connectivity index (χ0n) is 15.6. The van der Waals surface area contributed by atoms with Gasteiger partial charge in [0.15, 0.2) is 0 Å². The lowest BCUT2D eigenvalue weighted by Crippen LogP contribution is -2.37. The van der Waals surface area contributed by atoms with Crippen LogP contribution in [0.2, 0.25) is 0 Å². The van der Waals surface area contributed by atoms with Gasteiger partial charge < -0.3 is 9.64 Å². The highest BCUT2D eigenvalue weighted by atomic mass is 32.1. The first-order valence-corrected chi connectivity index (χ1v) is 9.67. The fraction of sp³-hybridized carbons (Fsp3) is 0.450. The number of hydrogen-bond donors (Lipinski definition) is 0. The van der Waals surface area contributed by atoms with Crippen LogP contribution in [-0.2, 0) is 27.2 Å². The third-order valence-electron chi connectivity index (χ3n) is 3.88. The number of aromatic nitrogens is 1. The second-order valence-electron chi connectivity index (χ2n) is 6.63. The van der Waals surface area contributed by atoms with Crippen LogP contribution in [0.4, 0.5) is 0 Å². The lowest BCUT2D eigenvalue weighted by Gasteiger charge is -2.24. The summed E-state index contributed by atoms with van der Waals surface area (Å²) in [4.78, 5) is 30.4. The van der Waals surface area contributed by atoms with E-state index in [4.69, 9.17) is 0 Å². The van der Waals surface area contributed by atoms with Crippen LogP contribution in [0.25, 0.3) is 0 Å². The molecule has 2 rings (SSSR count). The molecular weight excluding hydrogens is 348 g/mol. The van der Waals surface area contributed by atoms with E-state index in [2.05, 4.69) is 35.7 Å². The molecule has 0 atom stereocenters. The number of carbonyl (C=O) groups excluding carboxylic acids is 2. The molecule has 0 aliphatic heterocycles. The minimum absolute atomic E-state index is 0.000774. The minimum atomic E-state index is -0.301. The molecule has 5 nitrogen and oxygen atoms in total. The second kappa shape index (κ2) is 10.1. The van der Waals surface area contributed by atoms with E-state index >= 15 is 0 Å². The molecule has 0 radical (unpaired) electrons. The van der Waals surface area contributed by atoms with Crippen molar-refractivity contribution in [2.75, 3.05) is 20.2 Å². The van der Waals surface area contributed by atoms with Gasteiger partial charge in [-0.3, -0.25) is 9.59 Å². The number of rotatable bonds is 9. The average molecular weight is 375 g/mol. The number of hydrogen-bond acceptors (Lipinski definition) is 5. The molecular formula is C20H26N2O3S. The van der Waals surface area contributed by atoms with Crippen molar-refractivity contribution < 1.29 is 14.3 Å². The summed E-state index contributed by atoms with van der Waals surface area (Å²) in [6.07, 6.45) is 1.25. The Morgan fingerprint density at radius 2 is 1.96 bits per heavy atom. The van der Waals surface area contributed by atoms with Gasteiger partial charge in [-0.25, -0.2) is 4.98 Å². The summed E-state index contributed by atoms with van der Waals surface area (Å²) >= 11 is 1.58. The molecule has 0 spiro atoms. The summed E-state index contributed by atoms with van der Waals surface area (Å²) in [6, 6.07) is 10.2. The molecule has 0 saturated heterocycles. The zero-order chi connectivity index (χ0) is 18.9. The van der Waals surface area contributed by atoms with E-state index in [1.54, 1.807) is 16.2 Å². The van der Waals surface area contributed by atoms with Crippen molar-refractivity contribution in [2.24, 2.45) is 5.92 Å². The van der Waals surface area contributed by atoms with Crippen molar-refractivity contribution in [1.82, 2.24) is 9.88 Å². The van der Waals surface area contributed by atoms with Gasteiger partial charge >= 0.3 is 5.97 Å². The Morgan fingerprint density at radius 3 is 2.62 bits per heavy atom. The Labute approximate surface area is 159 Å². The van der Waals surface area contributed by atoms with E-state index in [1.807, 2.05) is 23.6 Å². The number of nitrogens with zero attached hydrogens (tertiary/aromatic N) is 2. The molecule has 0 unspecified atom stereocenters. The number of amides is 1. The Kier molecular flexibility index (Phi) is 7.78. The highest BCUT2D eigenvalue weighted by molar-refractivity contribution is 7.09. The van der Waals surface area contributed by atoms with Crippen molar-refractivity contribution in [1.29, 1.82) is 0 Å². The van der Waals surface area contributed by atoms with Crippen LogP contribution in [0.1, 0.15) is 36.5 Å². The fourth-order valence-corrected chi connectivity index (χ4v) is 3.46. The van der Waals surface area contributed by atoms with E-state index in [0.29, 0.717) is 19.0 Å². The van der Waals surface area contributed by atoms with Crippen molar-refractivity contribution in [3.63, 3.8) is 0 Å². The summed E-state index contributed by atoms with van der Waals surface area (Å²) in [7, 11) is 1.36. The molecule has 1 aromatic carbocycles. The van der Waals surface area contributed by atoms with Crippen molar-refractivity contribution in [3.05, 3.63) is 52.0 Å².